The highest BCUT2D eigenvalue weighted by atomic mass is 32.2. The molecule has 186 valence electrons. The zero-order chi connectivity index (χ0) is 25.3. The molecule has 0 aliphatic rings. The van der Waals surface area contributed by atoms with Crippen LogP contribution in [-0.4, -0.2) is 42.0 Å². The average Bonchev–Trinajstić information content (AvgIpc) is 3.59. The standard InChI is InChI=1S/C26H25N3O3S4/c1-32-24(31)21(10-13-33-2)28-23(30)19-9-8-18(16-20(19)17-6-4-3-5-7-17)36-25-22(11-14-34-25)29-26-27-12-15-35-26/h3-9,11-12,14-16,21H,10,13H2,1-2H3,(H,27,29)(H,28,30)/t21-/m0/s1. The van der Waals surface area contributed by atoms with Crippen molar-refractivity contribution in [2.24, 2.45) is 0 Å². The molecule has 0 spiro atoms. The van der Waals surface area contributed by atoms with Crippen molar-refractivity contribution in [1.29, 1.82) is 0 Å². The summed E-state index contributed by atoms with van der Waals surface area (Å²) in [5.41, 5.74) is 3.24. The van der Waals surface area contributed by atoms with Crippen LogP contribution in [0.1, 0.15) is 16.8 Å². The number of thiazole rings is 1. The number of esters is 1. The number of hydrogen-bond donors (Lipinski definition) is 2. The largest absolute Gasteiger partial charge is 0.467 e. The van der Waals surface area contributed by atoms with Gasteiger partial charge in [0.15, 0.2) is 5.13 Å². The van der Waals surface area contributed by atoms with Crippen LogP contribution < -0.4 is 10.6 Å². The van der Waals surface area contributed by atoms with Crippen molar-refractivity contribution in [2.75, 3.05) is 24.4 Å². The van der Waals surface area contributed by atoms with E-state index in [2.05, 4.69) is 15.6 Å². The van der Waals surface area contributed by atoms with Gasteiger partial charge in [-0.25, -0.2) is 9.78 Å². The lowest BCUT2D eigenvalue weighted by molar-refractivity contribution is -0.142. The summed E-state index contributed by atoms with van der Waals surface area (Å²) >= 11 is 6.44. The van der Waals surface area contributed by atoms with Crippen molar-refractivity contribution in [2.45, 2.75) is 21.6 Å². The van der Waals surface area contributed by atoms with E-state index in [1.807, 2.05) is 71.6 Å². The summed E-state index contributed by atoms with van der Waals surface area (Å²) in [7, 11) is 1.34. The van der Waals surface area contributed by atoms with Gasteiger partial charge in [-0.2, -0.15) is 11.8 Å². The first-order valence-electron chi connectivity index (χ1n) is 11.1. The van der Waals surface area contributed by atoms with Gasteiger partial charge in [-0.15, -0.1) is 22.7 Å². The van der Waals surface area contributed by atoms with Crippen LogP contribution in [0.25, 0.3) is 11.1 Å². The lowest BCUT2D eigenvalue weighted by atomic mass is 9.99. The Bertz CT molecular complexity index is 1290. The predicted octanol–water partition coefficient (Wildman–Crippen LogP) is 6.79. The molecule has 6 nitrogen and oxygen atoms in total. The topological polar surface area (TPSA) is 80.3 Å². The maximum atomic E-state index is 13.3. The number of nitrogens with zero attached hydrogens (tertiary/aromatic N) is 1. The second kappa shape index (κ2) is 13.0. The number of aromatic nitrogens is 1. The number of methoxy groups -OCH3 is 1. The monoisotopic (exact) mass is 555 g/mol. The van der Waals surface area contributed by atoms with E-state index in [1.165, 1.54) is 7.11 Å². The summed E-state index contributed by atoms with van der Waals surface area (Å²) < 4.78 is 6.01. The molecule has 0 aliphatic heterocycles. The summed E-state index contributed by atoms with van der Waals surface area (Å²) in [5, 5.41) is 11.1. The van der Waals surface area contributed by atoms with Gasteiger partial charge in [0.1, 0.15) is 6.04 Å². The molecule has 0 aliphatic carbocycles. The Morgan fingerprint density at radius 2 is 1.92 bits per heavy atom. The molecule has 0 fully saturated rings. The minimum atomic E-state index is -0.696. The fourth-order valence-corrected chi connectivity index (χ4v) is 6.47. The average molecular weight is 556 g/mol. The van der Waals surface area contributed by atoms with Crippen molar-refractivity contribution < 1.29 is 14.3 Å². The first-order chi connectivity index (χ1) is 17.6. The maximum Gasteiger partial charge on any atom is 0.328 e. The number of anilines is 2. The molecule has 1 atom stereocenters. The second-order valence-corrected chi connectivity index (χ2v) is 11.7. The first kappa shape index (κ1) is 26.3. The molecule has 2 N–H and O–H groups in total. The van der Waals surface area contributed by atoms with Gasteiger partial charge in [-0.05, 0) is 59.2 Å². The van der Waals surface area contributed by atoms with E-state index in [-0.39, 0.29) is 5.91 Å². The highest BCUT2D eigenvalue weighted by Gasteiger charge is 2.23. The smallest absolute Gasteiger partial charge is 0.328 e. The molecule has 1 amide bonds. The third-order valence-electron chi connectivity index (χ3n) is 5.24. The van der Waals surface area contributed by atoms with Crippen LogP contribution in [0.4, 0.5) is 10.8 Å². The number of thioether (sulfide) groups is 1. The van der Waals surface area contributed by atoms with E-state index < -0.39 is 12.0 Å². The Balaban J connectivity index is 1.62. The minimum Gasteiger partial charge on any atom is -0.467 e. The van der Waals surface area contributed by atoms with Crippen LogP contribution in [0.15, 0.2) is 80.7 Å². The zero-order valence-electron chi connectivity index (χ0n) is 19.7. The molecular formula is C26H25N3O3S4. The maximum absolute atomic E-state index is 13.3. The van der Waals surface area contributed by atoms with Gasteiger partial charge in [0, 0.05) is 22.0 Å². The Hall–Kier alpha value is -2.79. The minimum absolute atomic E-state index is 0.302. The molecule has 4 rings (SSSR count). The number of ether oxygens (including phenoxy) is 1. The summed E-state index contributed by atoms with van der Waals surface area (Å²) in [6, 6.07) is 16.9. The number of carbonyl (C=O) groups excluding carboxylic acids is 2. The van der Waals surface area contributed by atoms with Crippen molar-refractivity contribution in [3.8, 4) is 11.1 Å². The van der Waals surface area contributed by atoms with Gasteiger partial charge in [0.05, 0.1) is 17.0 Å². The molecule has 0 unspecified atom stereocenters. The van der Waals surface area contributed by atoms with E-state index in [1.54, 1.807) is 52.4 Å². The van der Waals surface area contributed by atoms with Crippen molar-refractivity contribution in [3.63, 3.8) is 0 Å². The Morgan fingerprint density at radius 1 is 1.08 bits per heavy atom. The van der Waals surface area contributed by atoms with Crippen LogP contribution in [0.3, 0.4) is 0 Å². The Morgan fingerprint density at radius 3 is 2.64 bits per heavy atom. The molecule has 0 bridgehead atoms. The summed E-state index contributed by atoms with van der Waals surface area (Å²) in [4.78, 5) is 30.9. The molecule has 4 aromatic rings. The molecule has 2 aromatic heterocycles. The fourth-order valence-electron chi connectivity index (χ4n) is 3.48. The second-order valence-electron chi connectivity index (χ2n) is 7.59. The number of amides is 1. The van der Waals surface area contributed by atoms with Crippen LogP contribution in [0, 0.1) is 0 Å². The van der Waals surface area contributed by atoms with Crippen molar-refractivity contribution >= 4 is 68.9 Å². The van der Waals surface area contributed by atoms with Gasteiger partial charge >= 0.3 is 5.97 Å². The third-order valence-corrected chi connectivity index (χ3v) is 8.71. The number of carbonyl (C=O) groups is 2. The van der Waals surface area contributed by atoms with E-state index in [0.29, 0.717) is 12.0 Å². The fraction of sp³-hybridized carbons (Fsp3) is 0.192. The number of benzene rings is 2. The molecule has 10 heteroatoms. The normalized spacial score (nSPS) is 11.6. The quantitative estimate of drug-likeness (QED) is 0.197. The SMILES string of the molecule is COC(=O)[C@H](CCSC)NC(=O)c1ccc(Sc2sccc2Nc2nccs2)cc1-c1ccccc1. The predicted molar refractivity (Wildman–Crippen MR) is 152 cm³/mol. The molecule has 0 radical (unpaired) electrons. The summed E-state index contributed by atoms with van der Waals surface area (Å²) in [5.74, 6) is -0.00718. The van der Waals surface area contributed by atoms with Gasteiger partial charge in [-0.1, -0.05) is 42.1 Å². The highest BCUT2D eigenvalue weighted by Crippen LogP contribution is 2.41. The highest BCUT2D eigenvalue weighted by molar-refractivity contribution is 8.01. The molecule has 2 aromatic carbocycles. The van der Waals surface area contributed by atoms with E-state index >= 15 is 0 Å². The van der Waals surface area contributed by atoms with Crippen molar-refractivity contribution in [1.82, 2.24) is 10.3 Å². The summed E-state index contributed by atoms with van der Waals surface area (Å²) in [6.45, 7) is 0. The van der Waals surface area contributed by atoms with Gasteiger partial charge in [-0.3, -0.25) is 4.79 Å². The van der Waals surface area contributed by atoms with Gasteiger partial charge < -0.3 is 15.4 Å². The number of nitrogens with one attached hydrogen (secondary N) is 2. The lowest BCUT2D eigenvalue weighted by Gasteiger charge is -2.18. The molecule has 36 heavy (non-hydrogen) atoms. The van der Waals surface area contributed by atoms with Crippen LogP contribution in [-0.2, 0) is 9.53 Å². The number of thiophene rings is 1. The zero-order valence-corrected chi connectivity index (χ0v) is 23.0. The third kappa shape index (κ3) is 6.70. The van der Waals surface area contributed by atoms with Crippen LogP contribution in [0.2, 0.25) is 0 Å². The van der Waals surface area contributed by atoms with Crippen molar-refractivity contribution in [3.05, 3.63) is 77.1 Å². The van der Waals surface area contributed by atoms with E-state index in [9.17, 15) is 9.59 Å². The summed E-state index contributed by atoms with van der Waals surface area (Å²) in [6.07, 6.45) is 4.24. The number of hydrogen-bond acceptors (Lipinski definition) is 9. The molecule has 0 saturated heterocycles. The van der Waals surface area contributed by atoms with E-state index in [4.69, 9.17) is 4.74 Å². The van der Waals surface area contributed by atoms with Crippen LogP contribution >= 0.6 is 46.2 Å². The molecular weight excluding hydrogens is 531 g/mol. The van der Waals surface area contributed by atoms with Crippen LogP contribution in [0.5, 0.6) is 0 Å². The number of rotatable bonds is 11. The first-order valence-corrected chi connectivity index (χ1v) is 15.0. The van der Waals surface area contributed by atoms with Gasteiger partial charge in [0.25, 0.3) is 5.91 Å². The Kier molecular flexibility index (Phi) is 9.46. The molecule has 2 heterocycles. The van der Waals surface area contributed by atoms with Gasteiger partial charge in [0.2, 0.25) is 0 Å². The lowest BCUT2D eigenvalue weighted by Crippen LogP contribution is -2.42. The Labute approximate surface area is 226 Å². The van der Waals surface area contributed by atoms with E-state index in [0.717, 1.165) is 36.8 Å². The molecule has 0 saturated carbocycles.